The van der Waals surface area contributed by atoms with Gasteiger partial charge in [-0.05, 0) is 26.3 Å². The SMILES string of the molecule is CC(C)(C)[S@@](=O)/N=C(\CCl)c1ccccc1. The summed E-state index contributed by atoms with van der Waals surface area (Å²) in [7, 11) is -1.26. The van der Waals surface area contributed by atoms with Gasteiger partial charge in [-0.1, -0.05) is 30.3 Å². The van der Waals surface area contributed by atoms with E-state index >= 15 is 0 Å². The van der Waals surface area contributed by atoms with Crippen molar-refractivity contribution >= 4 is 28.3 Å². The molecule has 1 atom stereocenters. The van der Waals surface area contributed by atoms with Crippen molar-refractivity contribution in [2.75, 3.05) is 5.88 Å². The fraction of sp³-hybridized carbons (Fsp3) is 0.417. The highest BCUT2D eigenvalue weighted by Crippen LogP contribution is 2.14. The molecule has 16 heavy (non-hydrogen) atoms. The van der Waals surface area contributed by atoms with Gasteiger partial charge in [-0.15, -0.1) is 11.6 Å². The average molecular weight is 258 g/mol. The number of halogens is 1. The summed E-state index contributed by atoms with van der Waals surface area (Å²) in [4.78, 5) is 0. The maximum Gasteiger partial charge on any atom is 0.145 e. The molecule has 1 aromatic carbocycles. The van der Waals surface area contributed by atoms with Gasteiger partial charge in [-0.3, -0.25) is 0 Å². The Morgan fingerprint density at radius 2 is 1.88 bits per heavy atom. The number of hydrogen-bond acceptors (Lipinski definition) is 1. The van der Waals surface area contributed by atoms with Crippen molar-refractivity contribution in [1.82, 2.24) is 0 Å². The third-order valence-electron chi connectivity index (χ3n) is 1.95. The lowest BCUT2D eigenvalue weighted by molar-refractivity contribution is 0.650. The van der Waals surface area contributed by atoms with E-state index in [-0.39, 0.29) is 10.6 Å². The summed E-state index contributed by atoms with van der Waals surface area (Å²) in [6.07, 6.45) is 0. The van der Waals surface area contributed by atoms with E-state index < -0.39 is 11.0 Å². The number of benzene rings is 1. The molecule has 0 spiro atoms. The molecule has 0 radical (unpaired) electrons. The van der Waals surface area contributed by atoms with Gasteiger partial charge >= 0.3 is 0 Å². The lowest BCUT2D eigenvalue weighted by Gasteiger charge is -2.14. The van der Waals surface area contributed by atoms with Gasteiger partial charge in [-0.25, -0.2) is 4.21 Å². The van der Waals surface area contributed by atoms with E-state index in [0.717, 1.165) is 5.56 Å². The highest BCUT2D eigenvalue weighted by Gasteiger charge is 2.19. The van der Waals surface area contributed by atoms with Crippen LogP contribution in [0, 0.1) is 0 Å². The van der Waals surface area contributed by atoms with Crippen molar-refractivity contribution in [3.05, 3.63) is 35.9 Å². The molecule has 0 unspecified atom stereocenters. The molecule has 0 amide bonds. The topological polar surface area (TPSA) is 29.4 Å². The molecule has 0 saturated heterocycles. The van der Waals surface area contributed by atoms with Crippen LogP contribution in [0.25, 0.3) is 0 Å². The second-order valence-corrected chi connectivity index (χ2v) is 6.57. The van der Waals surface area contributed by atoms with Crippen LogP contribution in [0.1, 0.15) is 26.3 Å². The molecule has 1 rings (SSSR count). The van der Waals surface area contributed by atoms with Crippen LogP contribution in [0.5, 0.6) is 0 Å². The average Bonchev–Trinajstić information content (AvgIpc) is 2.25. The Morgan fingerprint density at radius 3 is 2.31 bits per heavy atom. The van der Waals surface area contributed by atoms with Crippen LogP contribution in [-0.4, -0.2) is 20.5 Å². The number of rotatable bonds is 3. The van der Waals surface area contributed by atoms with Crippen molar-refractivity contribution in [1.29, 1.82) is 0 Å². The van der Waals surface area contributed by atoms with Gasteiger partial charge in [0.05, 0.1) is 16.3 Å². The molecule has 0 aliphatic rings. The van der Waals surface area contributed by atoms with Crippen molar-refractivity contribution in [2.24, 2.45) is 4.40 Å². The summed E-state index contributed by atoms with van der Waals surface area (Å²) < 4.78 is 15.7. The normalized spacial score (nSPS) is 14.9. The molecule has 2 nitrogen and oxygen atoms in total. The summed E-state index contributed by atoms with van der Waals surface area (Å²) in [5, 5.41) is 0. The van der Waals surface area contributed by atoms with Crippen molar-refractivity contribution in [3.63, 3.8) is 0 Å². The van der Waals surface area contributed by atoms with Crippen molar-refractivity contribution in [2.45, 2.75) is 25.5 Å². The number of hydrogen-bond donors (Lipinski definition) is 0. The van der Waals surface area contributed by atoms with Gasteiger partial charge in [0.25, 0.3) is 0 Å². The maximum atomic E-state index is 11.9. The summed E-state index contributed by atoms with van der Waals surface area (Å²) in [5.74, 6) is 0.270. The van der Waals surface area contributed by atoms with Crippen LogP contribution in [-0.2, 0) is 11.0 Å². The zero-order chi connectivity index (χ0) is 12.2. The van der Waals surface area contributed by atoms with Crippen LogP contribution in [0.15, 0.2) is 34.7 Å². The Kier molecular flexibility index (Phi) is 4.69. The molecule has 4 heteroatoms. The summed E-state index contributed by atoms with van der Waals surface area (Å²) in [6.45, 7) is 5.68. The maximum absolute atomic E-state index is 11.9. The van der Waals surface area contributed by atoms with E-state index in [4.69, 9.17) is 11.6 Å². The lowest BCUT2D eigenvalue weighted by atomic mass is 10.1. The van der Waals surface area contributed by atoms with E-state index in [1.165, 1.54) is 0 Å². The fourth-order valence-corrected chi connectivity index (χ4v) is 1.95. The second kappa shape index (κ2) is 5.60. The van der Waals surface area contributed by atoms with E-state index in [9.17, 15) is 4.21 Å². The first-order chi connectivity index (χ1) is 7.45. The van der Waals surface area contributed by atoms with Crippen LogP contribution in [0.2, 0.25) is 0 Å². The van der Waals surface area contributed by atoms with E-state index in [0.29, 0.717) is 5.71 Å². The molecule has 0 saturated carbocycles. The van der Waals surface area contributed by atoms with Crippen molar-refractivity contribution < 1.29 is 4.21 Å². The quantitative estimate of drug-likeness (QED) is 0.604. The van der Waals surface area contributed by atoms with Crippen LogP contribution >= 0.6 is 11.6 Å². The minimum Gasteiger partial charge on any atom is -0.234 e. The Hall–Kier alpha value is -0.670. The molecule has 0 aliphatic heterocycles. The highest BCUT2D eigenvalue weighted by atomic mass is 35.5. The van der Waals surface area contributed by atoms with E-state index in [1.807, 2.05) is 51.1 Å². The predicted molar refractivity (Wildman–Crippen MR) is 71.6 cm³/mol. The Labute approximate surface area is 104 Å². The molecule has 0 fully saturated rings. The predicted octanol–water partition coefficient (Wildman–Crippen LogP) is 3.18. The minimum absolute atomic E-state index is 0.270. The second-order valence-electron chi connectivity index (χ2n) is 4.40. The molecule has 0 N–H and O–H groups in total. The first kappa shape index (κ1) is 13.4. The molecule has 0 bridgehead atoms. The van der Waals surface area contributed by atoms with Gasteiger partial charge < -0.3 is 0 Å². The minimum atomic E-state index is -1.26. The first-order valence-electron chi connectivity index (χ1n) is 5.06. The number of nitrogens with zero attached hydrogens (tertiary/aromatic N) is 1. The highest BCUT2D eigenvalue weighted by molar-refractivity contribution is 7.85. The van der Waals surface area contributed by atoms with Crippen LogP contribution in [0.3, 0.4) is 0 Å². The molecular weight excluding hydrogens is 242 g/mol. The van der Waals surface area contributed by atoms with Crippen molar-refractivity contribution in [3.8, 4) is 0 Å². The van der Waals surface area contributed by atoms with Crippen LogP contribution < -0.4 is 0 Å². The van der Waals surface area contributed by atoms with E-state index in [1.54, 1.807) is 0 Å². The Bertz CT molecular complexity index is 395. The summed E-state index contributed by atoms with van der Waals surface area (Å²) >= 11 is 5.83. The molecule has 88 valence electrons. The summed E-state index contributed by atoms with van der Waals surface area (Å²) in [5.41, 5.74) is 1.60. The van der Waals surface area contributed by atoms with Gasteiger partial charge in [-0.2, -0.15) is 4.40 Å². The standard InChI is InChI=1S/C12H16ClNOS/c1-12(2,3)16(15)14-11(9-13)10-7-5-4-6-8-10/h4-8H,9H2,1-3H3/b14-11+/t16-/m1/s1. The fourth-order valence-electron chi connectivity index (χ4n) is 1.02. The summed E-state index contributed by atoms with van der Waals surface area (Å²) in [6, 6.07) is 9.59. The lowest BCUT2D eigenvalue weighted by Crippen LogP contribution is -2.21. The zero-order valence-electron chi connectivity index (χ0n) is 9.74. The van der Waals surface area contributed by atoms with Crippen LogP contribution in [0.4, 0.5) is 0 Å². The molecular formula is C12H16ClNOS. The zero-order valence-corrected chi connectivity index (χ0v) is 11.3. The molecule has 0 aliphatic carbocycles. The first-order valence-corrected chi connectivity index (χ1v) is 6.70. The Morgan fingerprint density at radius 1 is 1.31 bits per heavy atom. The van der Waals surface area contributed by atoms with Gasteiger partial charge in [0, 0.05) is 0 Å². The van der Waals surface area contributed by atoms with E-state index in [2.05, 4.69) is 4.40 Å². The van der Waals surface area contributed by atoms with Gasteiger partial charge in [0.1, 0.15) is 11.0 Å². The molecule has 1 aromatic rings. The van der Waals surface area contributed by atoms with Gasteiger partial charge in [0.15, 0.2) is 0 Å². The molecule has 0 heterocycles. The monoisotopic (exact) mass is 257 g/mol. The third kappa shape index (κ3) is 3.72. The third-order valence-corrected chi connectivity index (χ3v) is 3.64. The largest absolute Gasteiger partial charge is 0.234 e. The smallest absolute Gasteiger partial charge is 0.145 e. The van der Waals surface area contributed by atoms with Gasteiger partial charge in [0.2, 0.25) is 0 Å². The number of alkyl halides is 1. The molecule has 0 aromatic heterocycles. The Balaban J connectivity index is 3.00.